The molecule has 1 rings (SSSR count). The number of carboxylic acids is 1. The van der Waals surface area contributed by atoms with E-state index in [1.54, 1.807) is 7.11 Å². The van der Waals surface area contributed by atoms with Crippen LogP contribution in [0.2, 0.25) is 0 Å². The molecule has 4 nitrogen and oxygen atoms in total. The number of aliphatic carboxylic acids is 1. The minimum absolute atomic E-state index is 0.277. The van der Waals surface area contributed by atoms with E-state index in [4.69, 9.17) is 4.74 Å². The van der Waals surface area contributed by atoms with Gasteiger partial charge in [-0.15, -0.1) is 0 Å². The van der Waals surface area contributed by atoms with Crippen LogP contribution >= 0.6 is 0 Å². The third kappa shape index (κ3) is 3.19. The summed E-state index contributed by atoms with van der Waals surface area (Å²) in [5.41, 5.74) is -0.614. The zero-order chi connectivity index (χ0) is 12.2. The molecule has 0 spiro atoms. The van der Waals surface area contributed by atoms with Gasteiger partial charge in [0.1, 0.15) is 0 Å². The maximum atomic E-state index is 11.3. The van der Waals surface area contributed by atoms with Crippen LogP contribution in [0.25, 0.3) is 0 Å². The van der Waals surface area contributed by atoms with Gasteiger partial charge in [-0.3, -0.25) is 9.69 Å². The summed E-state index contributed by atoms with van der Waals surface area (Å²) in [5, 5.41) is 9.29. The largest absolute Gasteiger partial charge is 0.481 e. The Balaban J connectivity index is 2.53. The highest BCUT2D eigenvalue weighted by molar-refractivity contribution is 5.74. The van der Waals surface area contributed by atoms with Crippen molar-refractivity contribution in [1.29, 1.82) is 0 Å². The zero-order valence-electron chi connectivity index (χ0n) is 10.5. The third-order valence-electron chi connectivity index (χ3n) is 3.45. The SMILES string of the molecule is CCCC(C)(CN1CCC(OC)C1)C(=O)O. The fourth-order valence-corrected chi connectivity index (χ4v) is 2.43. The Kier molecular flexibility index (Phi) is 4.74. The smallest absolute Gasteiger partial charge is 0.310 e. The summed E-state index contributed by atoms with van der Waals surface area (Å²) < 4.78 is 5.29. The van der Waals surface area contributed by atoms with Crippen LogP contribution in [0, 0.1) is 5.41 Å². The van der Waals surface area contributed by atoms with E-state index in [9.17, 15) is 9.90 Å². The summed E-state index contributed by atoms with van der Waals surface area (Å²) in [6.45, 7) is 6.33. The highest BCUT2D eigenvalue weighted by Crippen LogP contribution is 2.27. The molecule has 0 aromatic heterocycles. The zero-order valence-corrected chi connectivity index (χ0v) is 10.5. The van der Waals surface area contributed by atoms with Gasteiger partial charge >= 0.3 is 5.97 Å². The monoisotopic (exact) mass is 229 g/mol. The van der Waals surface area contributed by atoms with Gasteiger partial charge < -0.3 is 9.84 Å². The molecule has 2 atom stereocenters. The van der Waals surface area contributed by atoms with Crippen LogP contribution in [0.4, 0.5) is 0 Å². The molecule has 1 saturated heterocycles. The molecule has 0 aromatic carbocycles. The first kappa shape index (κ1) is 13.5. The van der Waals surface area contributed by atoms with E-state index in [0.717, 1.165) is 32.4 Å². The Morgan fingerprint density at radius 3 is 2.75 bits per heavy atom. The molecule has 1 N–H and O–H groups in total. The second-order valence-electron chi connectivity index (χ2n) is 5.00. The minimum Gasteiger partial charge on any atom is -0.481 e. The predicted octanol–water partition coefficient (Wildman–Crippen LogP) is 1.60. The van der Waals surface area contributed by atoms with Crippen molar-refractivity contribution in [1.82, 2.24) is 4.90 Å². The Morgan fingerprint density at radius 2 is 2.31 bits per heavy atom. The van der Waals surface area contributed by atoms with Crippen LogP contribution in [0.15, 0.2) is 0 Å². The number of hydrogen-bond acceptors (Lipinski definition) is 3. The average molecular weight is 229 g/mol. The molecule has 4 heteroatoms. The fourth-order valence-electron chi connectivity index (χ4n) is 2.43. The van der Waals surface area contributed by atoms with Crippen molar-refractivity contribution in [3.63, 3.8) is 0 Å². The first-order valence-corrected chi connectivity index (χ1v) is 6.00. The van der Waals surface area contributed by atoms with Gasteiger partial charge in [0.25, 0.3) is 0 Å². The second-order valence-corrected chi connectivity index (χ2v) is 5.00. The maximum absolute atomic E-state index is 11.3. The molecular formula is C12H23NO3. The van der Waals surface area contributed by atoms with Gasteiger partial charge in [0.2, 0.25) is 0 Å². The molecule has 1 aliphatic heterocycles. The normalized spacial score (nSPS) is 25.6. The second kappa shape index (κ2) is 5.64. The van der Waals surface area contributed by atoms with E-state index in [2.05, 4.69) is 4.90 Å². The Bertz CT molecular complexity index is 244. The standard InChI is InChI=1S/C12H23NO3/c1-4-6-12(2,11(14)15)9-13-7-5-10(8-13)16-3/h10H,4-9H2,1-3H3,(H,14,15). The van der Waals surface area contributed by atoms with Gasteiger partial charge in [-0.05, 0) is 19.8 Å². The number of ether oxygens (including phenoxy) is 1. The molecule has 2 unspecified atom stereocenters. The molecule has 1 heterocycles. The van der Waals surface area contributed by atoms with Crippen LogP contribution in [0.1, 0.15) is 33.1 Å². The van der Waals surface area contributed by atoms with Crippen molar-refractivity contribution in [2.45, 2.75) is 39.2 Å². The number of carbonyl (C=O) groups is 1. The van der Waals surface area contributed by atoms with Gasteiger partial charge in [0.05, 0.1) is 11.5 Å². The Morgan fingerprint density at radius 1 is 1.62 bits per heavy atom. The van der Waals surface area contributed by atoms with Crippen LogP contribution in [-0.4, -0.2) is 48.8 Å². The van der Waals surface area contributed by atoms with E-state index in [1.807, 2.05) is 13.8 Å². The molecule has 0 bridgehead atoms. The molecule has 0 radical (unpaired) electrons. The van der Waals surface area contributed by atoms with Crippen molar-refractivity contribution in [2.75, 3.05) is 26.7 Å². The number of hydrogen-bond donors (Lipinski definition) is 1. The van der Waals surface area contributed by atoms with Gasteiger partial charge in [0, 0.05) is 26.7 Å². The van der Waals surface area contributed by atoms with Crippen LogP contribution in [0.5, 0.6) is 0 Å². The van der Waals surface area contributed by atoms with Crippen molar-refractivity contribution >= 4 is 5.97 Å². The number of methoxy groups -OCH3 is 1. The van der Waals surface area contributed by atoms with E-state index in [1.165, 1.54) is 0 Å². The number of nitrogens with zero attached hydrogens (tertiary/aromatic N) is 1. The number of likely N-dealkylation sites (tertiary alicyclic amines) is 1. The summed E-state index contributed by atoms with van der Waals surface area (Å²) >= 11 is 0. The summed E-state index contributed by atoms with van der Waals surface area (Å²) in [7, 11) is 1.72. The van der Waals surface area contributed by atoms with E-state index in [-0.39, 0.29) is 6.10 Å². The molecule has 1 aliphatic rings. The first-order valence-electron chi connectivity index (χ1n) is 6.00. The maximum Gasteiger partial charge on any atom is 0.310 e. The lowest BCUT2D eigenvalue weighted by Gasteiger charge is -2.29. The van der Waals surface area contributed by atoms with Gasteiger partial charge in [-0.1, -0.05) is 13.3 Å². The van der Waals surface area contributed by atoms with Gasteiger partial charge in [-0.2, -0.15) is 0 Å². The molecule has 16 heavy (non-hydrogen) atoms. The predicted molar refractivity (Wildman–Crippen MR) is 62.5 cm³/mol. The Hall–Kier alpha value is -0.610. The van der Waals surface area contributed by atoms with E-state index >= 15 is 0 Å². The lowest BCUT2D eigenvalue weighted by Crippen LogP contribution is -2.40. The van der Waals surface area contributed by atoms with Crippen molar-refractivity contribution < 1.29 is 14.6 Å². The minimum atomic E-state index is -0.685. The van der Waals surface area contributed by atoms with Crippen molar-refractivity contribution in [2.24, 2.45) is 5.41 Å². The van der Waals surface area contributed by atoms with Crippen LogP contribution in [0.3, 0.4) is 0 Å². The summed E-state index contributed by atoms with van der Waals surface area (Å²) in [6.07, 6.45) is 2.93. The quantitative estimate of drug-likeness (QED) is 0.751. The topological polar surface area (TPSA) is 49.8 Å². The lowest BCUT2D eigenvalue weighted by atomic mass is 9.85. The fraction of sp³-hybridized carbons (Fsp3) is 0.917. The molecule has 94 valence electrons. The number of rotatable bonds is 6. The molecule has 0 aromatic rings. The van der Waals surface area contributed by atoms with Crippen LogP contribution < -0.4 is 0 Å². The molecular weight excluding hydrogens is 206 g/mol. The average Bonchev–Trinajstić information content (AvgIpc) is 2.65. The highest BCUT2D eigenvalue weighted by atomic mass is 16.5. The summed E-state index contributed by atoms with van der Waals surface area (Å²) in [4.78, 5) is 13.5. The van der Waals surface area contributed by atoms with E-state index in [0.29, 0.717) is 6.54 Å². The summed E-state index contributed by atoms with van der Waals surface area (Å²) in [5.74, 6) is -0.685. The van der Waals surface area contributed by atoms with Crippen molar-refractivity contribution in [3.05, 3.63) is 0 Å². The molecule has 0 saturated carbocycles. The van der Waals surface area contributed by atoms with Crippen LogP contribution in [-0.2, 0) is 9.53 Å². The molecule has 1 fully saturated rings. The third-order valence-corrected chi connectivity index (χ3v) is 3.45. The van der Waals surface area contributed by atoms with Gasteiger partial charge in [-0.25, -0.2) is 0 Å². The van der Waals surface area contributed by atoms with E-state index < -0.39 is 11.4 Å². The number of carboxylic acid groups (broad SMARTS) is 1. The first-order chi connectivity index (χ1) is 7.51. The van der Waals surface area contributed by atoms with Gasteiger partial charge in [0.15, 0.2) is 0 Å². The lowest BCUT2D eigenvalue weighted by molar-refractivity contribution is -0.149. The Labute approximate surface area is 97.6 Å². The van der Waals surface area contributed by atoms with Crippen molar-refractivity contribution in [3.8, 4) is 0 Å². The molecule has 0 aliphatic carbocycles. The highest BCUT2D eigenvalue weighted by Gasteiger charge is 2.36. The summed E-state index contributed by atoms with van der Waals surface area (Å²) in [6, 6.07) is 0. The molecule has 0 amide bonds.